The average Bonchev–Trinajstić information content (AvgIpc) is 3.28. The van der Waals surface area contributed by atoms with Crippen LogP contribution < -0.4 is 10.2 Å². The van der Waals surface area contributed by atoms with Crippen LogP contribution in [0.5, 0.6) is 0 Å². The second-order valence-electron chi connectivity index (χ2n) is 7.84. The number of carbonyl (C=O) groups is 2. The zero-order chi connectivity index (χ0) is 22.0. The standard InChI is InChI=1S/C23H24ClFN2O3S/c1-14(22(28)26-12-17-5-4-10-30-17)21-23(29)27(19-6-2-3-7-20(19)31-21)13-15-8-9-16(25)11-18(15)24/h2-3,6-9,11,14,17,21H,4-5,10,12-13H2,1H3,(H,26,28). The van der Waals surface area contributed by atoms with Crippen LogP contribution in [0, 0.1) is 11.7 Å². The SMILES string of the molecule is CC(C(=O)NCC1CCCO1)C1Sc2ccccc2N(Cc2ccc(F)cc2Cl)C1=O. The van der Waals surface area contributed by atoms with Gasteiger partial charge in [-0.1, -0.05) is 36.7 Å². The summed E-state index contributed by atoms with van der Waals surface area (Å²) in [7, 11) is 0. The fourth-order valence-corrected chi connectivity index (χ4v) is 5.37. The third-order valence-corrected chi connectivity index (χ3v) is 7.47. The summed E-state index contributed by atoms with van der Waals surface area (Å²) >= 11 is 7.62. The van der Waals surface area contributed by atoms with Gasteiger partial charge in [0.05, 0.1) is 24.3 Å². The molecule has 0 aromatic heterocycles. The summed E-state index contributed by atoms with van der Waals surface area (Å²) < 4.78 is 19.0. The van der Waals surface area contributed by atoms with Crippen molar-refractivity contribution in [2.24, 2.45) is 5.92 Å². The normalized spacial score (nSPS) is 21.6. The predicted molar refractivity (Wildman–Crippen MR) is 120 cm³/mol. The smallest absolute Gasteiger partial charge is 0.241 e. The summed E-state index contributed by atoms with van der Waals surface area (Å²) in [5.41, 5.74) is 1.41. The number of fused-ring (bicyclic) bond motifs is 1. The summed E-state index contributed by atoms with van der Waals surface area (Å²) in [5, 5.41) is 2.63. The molecule has 164 valence electrons. The highest BCUT2D eigenvalue weighted by atomic mass is 35.5. The molecule has 0 bridgehead atoms. The van der Waals surface area contributed by atoms with Crippen molar-refractivity contribution in [3.05, 3.63) is 58.9 Å². The number of hydrogen-bond donors (Lipinski definition) is 1. The molecule has 2 amide bonds. The molecule has 2 aliphatic heterocycles. The maximum Gasteiger partial charge on any atom is 0.241 e. The number of amides is 2. The van der Waals surface area contributed by atoms with Crippen LogP contribution >= 0.6 is 23.4 Å². The highest BCUT2D eigenvalue weighted by Gasteiger charge is 2.39. The molecule has 3 atom stereocenters. The minimum Gasteiger partial charge on any atom is -0.376 e. The van der Waals surface area contributed by atoms with E-state index in [1.165, 1.54) is 23.9 Å². The van der Waals surface area contributed by atoms with Gasteiger partial charge in [0, 0.05) is 23.1 Å². The molecule has 2 aromatic rings. The zero-order valence-electron chi connectivity index (χ0n) is 17.1. The van der Waals surface area contributed by atoms with Crippen LogP contribution in [-0.4, -0.2) is 36.3 Å². The van der Waals surface area contributed by atoms with E-state index in [-0.39, 0.29) is 29.5 Å². The number of carbonyl (C=O) groups excluding carboxylic acids is 2. The zero-order valence-corrected chi connectivity index (χ0v) is 18.7. The molecule has 0 aliphatic carbocycles. The van der Waals surface area contributed by atoms with Crippen molar-refractivity contribution in [3.8, 4) is 0 Å². The van der Waals surface area contributed by atoms with Gasteiger partial charge in [-0.05, 0) is 42.7 Å². The first-order valence-electron chi connectivity index (χ1n) is 10.3. The van der Waals surface area contributed by atoms with E-state index in [0.717, 1.165) is 30.0 Å². The Morgan fingerprint density at radius 3 is 2.90 bits per heavy atom. The molecule has 3 unspecified atom stereocenters. The van der Waals surface area contributed by atoms with Crippen molar-refractivity contribution in [3.63, 3.8) is 0 Å². The molecule has 5 nitrogen and oxygen atoms in total. The van der Waals surface area contributed by atoms with Crippen LogP contribution in [-0.2, 0) is 20.9 Å². The van der Waals surface area contributed by atoms with Crippen molar-refractivity contribution >= 4 is 40.9 Å². The molecule has 1 saturated heterocycles. The summed E-state index contributed by atoms with van der Waals surface area (Å²) in [6, 6.07) is 11.7. The molecule has 0 saturated carbocycles. The number of nitrogens with zero attached hydrogens (tertiary/aromatic N) is 1. The Morgan fingerprint density at radius 2 is 2.16 bits per heavy atom. The van der Waals surface area contributed by atoms with Gasteiger partial charge in [-0.15, -0.1) is 11.8 Å². The van der Waals surface area contributed by atoms with Gasteiger partial charge in [0.25, 0.3) is 0 Å². The van der Waals surface area contributed by atoms with E-state index in [1.807, 2.05) is 24.3 Å². The molecule has 8 heteroatoms. The molecule has 2 aromatic carbocycles. The van der Waals surface area contributed by atoms with Crippen LogP contribution in [0.1, 0.15) is 25.3 Å². The van der Waals surface area contributed by atoms with E-state index in [9.17, 15) is 14.0 Å². The van der Waals surface area contributed by atoms with E-state index in [1.54, 1.807) is 17.9 Å². The van der Waals surface area contributed by atoms with E-state index >= 15 is 0 Å². The Bertz CT molecular complexity index is 983. The molecular formula is C23H24ClFN2O3S. The van der Waals surface area contributed by atoms with E-state index in [4.69, 9.17) is 16.3 Å². The largest absolute Gasteiger partial charge is 0.376 e. The Kier molecular flexibility index (Phi) is 6.84. The van der Waals surface area contributed by atoms with Crippen molar-refractivity contribution in [2.75, 3.05) is 18.1 Å². The Hall–Kier alpha value is -2.09. The van der Waals surface area contributed by atoms with Gasteiger partial charge >= 0.3 is 0 Å². The van der Waals surface area contributed by atoms with Gasteiger partial charge in [0.1, 0.15) is 11.1 Å². The molecular weight excluding hydrogens is 439 g/mol. The van der Waals surface area contributed by atoms with Gasteiger partial charge in [0.2, 0.25) is 11.8 Å². The molecule has 2 heterocycles. The number of hydrogen-bond acceptors (Lipinski definition) is 4. The highest BCUT2D eigenvalue weighted by Crippen LogP contribution is 2.42. The number of thioether (sulfide) groups is 1. The Labute approximate surface area is 190 Å². The van der Waals surface area contributed by atoms with Crippen LogP contribution in [0.25, 0.3) is 0 Å². The number of rotatable bonds is 6. The lowest BCUT2D eigenvalue weighted by molar-refractivity contribution is -0.128. The lowest BCUT2D eigenvalue weighted by atomic mass is 10.0. The monoisotopic (exact) mass is 462 g/mol. The van der Waals surface area contributed by atoms with Crippen LogP contribution in [0.4, 0.5) is 10.1 Å². The maximum atomic E-state index is 13.5. The first-order valence-corrected chi connectivity index (χ1v) is 11.6. The third-order valence-electron chi connectivity index (χ3n) is 5.66. The average molecular weight is 463 g/mol. The van der Waals surface area contributed by atoms with E-state index < -0.39 is 17.0 Å². The predicted octanol–water partition coefficient (Wildman–Crippen LogP) is 4.42. The molecule has 2 aliphatic rings. The van der Waals surface area contributed by atoms with E-state index in [0.29, 0.717) is 12.1 Å². The first-order chi connectivity index (χ1) is 14.9. The molecule has 31 heavy (non-hydrogen) atoms. The summed E-state index contributed by atoms with van der Waals surface area (Å²) in [6.45, 7) is 3.17. The molecule has 4 rings (SSSR count). The van der Waals surface area contributed by atoms with Gasteiger partial charge in [-0.25, -0.2) is 4.39 Å². The number of halogens is 2. The third kappa shape index (κ3) is 4.89. The summed E-state index contributed by atoms with van der Waals surface area (Å²) in [6.07, 6.45) is 1.99. The van der Waals surface area contributed by atoms with Crippen molar-refractivity contribution in [2.45, 2.75) is 42.6 Å². The fraction of sp³-hybridized carbons (Fsp3) is 0.391. The lowest BCUT2D eigenvalue weighted by Gasteiger charge is -2.36. The van der Waals surface area contributed by atoms with Crippen molar-refractivity contribution in [1.29, 1.82) is 0 Å². The van der Waals surface area contributed by atoms with Crippen molar-refractivity contribution in [1.82, 2.24) is 5.32 Å². The van der Waals surface area contributed by atoms with Gasteiger partial charge in [0.15, 0.2) is 0 Å². The lowest BCUT2D eigenvalue weighted by Crippen LogP contribution is -2.48. The number of anilines is 1. The molecule has 0 spiro atoms. The van der Waals surface area contributed by atoms with Crippen molar-refractivity contribution < 1.29 is 18.7 Å². The molecule has 1 fully saturated rings. The Morgan fingerprint density at radius 1 is 1.35 bits per heavy atom. The maximum absolute atomic E-state index is 13.5. The van der Waals surface area contributed by atoms with Gasteiger partial charge < -0.3 is 15.0 Å². The first kappa shape index (κ1) is 22.1. The second-order valence-corrected chi connectivity index (χ2v) is 9.43. The quantitative estimate of drug-likeness (QED) is 0.690. The summed E-state index contributed by atoms with van der Waals surface area (Å²) in [5.74, 6) is -1.29. The van der Waals surface area contributed by atoms with E-state index in [2.05, 4.69) is 5.32 Å². The number of para-hydroxylation sites is 1. The number of ether oxygens (including phenoxy) is 1. The second kappa shape index (κ2) is 9.59. The van der Waals surface area contributed by atoms with Crippen LogP contribution in [0.15, 0.2) is 47.4 Å². The minimum atomic E-state index is -0.571. The minimum absolute atomic E-state index is 0.0451. The Balaban J connectivity index is 1.54. The van der Waals surface area contributed by atoms with Crippen LogP contribution in [0.3, 0.4) is 0 Å². The highest BCUT2D eigenvalue weighted by molar-refractivity contribution is 8.01. The van der Waals surface area contributed by atoms with Crippen LogP contribution in [0.2, 0.25) is 5.02 Å². The number of nitrogens with one attached hydrogen (secondary N) is 1. The molecule has 0 radical (unpaired) electrons. The summed E-state index contributed by atoms with van der Waals surface area (Å²) in [4.78, 5) is 28.8. The number of benzene rings is 2. The van der Waals surface area contributed by atoms with Gasteiger partial charge in [-0.2, -0.15) is 0 Å². The topological polar surface area (TPSA) is 58.6 Å². The fourth-order valence-electron chi connectivity index (χ4n) is 3.86. The van der Waals surface area contributed by atoms with Gasteiger partial charge in [-0.3, -0.25) is 9.59 Å². The molecule has 1 N–H and O–H groups in total.